The molecule has 4 heteroatoms. The van der Waals surface area contributed by atoms with Crippen LogP contribution in [-0.4, -0.2) is 21.6 Å². The Labute approximate surface area is 93.7 Å². The molecule has 16 heavy (non-hydrogen) atoms. The molecule has 2 saturated carbocycles. The second-order valence-electron chi connectivity index (χ2n) is 4.79. The molecule has 2 N–H and O–H groups in total. The smallest absolute Gasteiger partial charge is 0.335 e. The second kappa shape index (κ2) is 3.20. The summed E-state index contributed by atoms with van der Waals surface area (Å²) >= 11 is 0. The molecule has 0 unspecified atom stereocenters. The van der Waals surface area contributed by atoms with E-state index in [2.05, 4.69) is 10.3 Å². The zero-order chi connectivity index (χ0) is 11.2. The number of nitrogens with one attached hydrogen (secondary N) is 1. The van der Waals surface area contributed by atoms with Crippen molar-refractivity contribution in [3.05, 3.63) is 23.9 Å². The van der Waals surface area contributed by atoms with Crippen molar-refractivity contribution in [3.63, 3.8) is 0 Å². The summed E-state index contributed by atoms with van der Waals surface area (Å²) < 4.78 is 0. The summed E-state index contributed by atoms with van der Waals surface area (Å²) in [4.78, 5) is 15.0. The summed E-state index contributed by atoms with van der Waals surface area (Å²) in [5.41, 5.74) is 0.536. The van der Waals surface area contributed by atoms with E-state index in [4.69, 9.17) is 5.11 Å². The Kier molecular flexibility index (Phi) is 1.93. The van der Waals surface area contributed by atoms with E-state index in [1.54, 1.807) is 12.3 Å². The third kappa shape index (κ3) is 1.64. The first kappa shape index (κ1) is 9.63. The molecule has 4 nitrogen and oxygen atoms in total. The van der Waals surface area contributed by atoms with Crippen LogP contribution in [0.4, 0.5) is 5.82 Å². The molecular formula is C12H14N2O2. The van der Waals surface area contributed by atoms with E-state index in [9.17, 15) is 4.79 Å². The Hall–Kier alpha value is -1.58. The van der Waals surface area contributed by atoms with Gasteiger partial charge in [-0.25, -0.2) is 9.78 Å². The lowest BCUT2D eigenvalue weighted by Gasteiger charge is -2.17. The first-order valence-electron chi connectivity index (χ1n) is 5.67. The number of nitrogens with zero attached hydrogens (tertiary/aromatic N) is 1. The van der Waals surface area contributed by atoms with Crippen molar-refractivity contribution in [2.24, 2.45) is 5.92 Å². The summed E-state index contributed by atoms with van der Waals surface area (Å²) in [6.07, 6.45) is 6.53. The lowest BCUT2D eigenvalue weighted by atomic mass is 10.1. The molecule has 0 saturated heterocycles. The number of carboxylic acids is 1. The molecule has 2 fully saturated rings. The number of anilines is 1. The van der Waals surface area contributed by atoms with Crippen molar-refractivity contribution in [1.82, 2.24) is 4.98 Å². The van der Waals surface area contributed by atoms with Gasteiger partial charge in [0.25, 0.3) is 0 Å². The van der Waals surface area contributed by atoms with Crippen molar-refractivity contribution in [2.75, 3.05) is 5.32 Å². The van der Waals surface area contributed by atoms with Gasteiger partial charge in [0.1, 0.15) is 5.82 Å². The van der Waals surface area contributed by atoms with Crippen molar-refractivity contribution in [2.45, 2.75) is 31.2 Å². The molecule has 0 amide bonds. The van der Waals surface area contributed by atoms with E-state index in [1.165, 1.54) is 31.7 Å². The van der Waals surface area contributed by atoms with E-state index < -0.39 is 5.97 Å². The molecule has 0 atom stereocenters. The highest BCUT2D eigenvalue weighted by Crippen LogP contribution is 2.55. The topological polar surface area (TPSA) is 62.2 Å². The highest BCUT2D eigenvalue weighted by atomic mass is 16.4. The molecule has 1 heterocycles. The lowest BCUT2D eigenvalue weighted by Crippen LogP contribution is -2.24. The fourth-order valence-electron chi connectivity index (χ4n) is 2.29. The number of pyridine rings is 1. The highest BCUT2D eigenvalue weighted by molar-refractivity contribution is 5.88. The van der Waals surface area contributed by atoms with Crippen LogP contribution in [0.5, 0.6) is 0 Å². The monoisotopic (exact) mass is 218 g/mol. The Morgan fingerprint density at radius 3 is 2.81 bits per heavy atom. The van der Waals surface area contributed by atoms with E-state index in [1.807, 2.05) is 0 Å². The molecule has 3 rings (SSSR count). The van der Waals surface area contributed by atoms with E-state index >= 15 is 0 Å². The maximum Gasteiger partial charge on any atom is 0.335 e. The molecule has 2 aliphatic rings. The van der Waals surface area contributed by atoms with Gasteiger partial charge in [0.05, 0.1) is 5.56 Å². The Balaban J connectivity index is 1.79. The zero-order valence-corrected chi connectivity index (χ0v) is 8.94. The lowest BCUT2D eigenvalue weighted by molar-refractivity contribution is 0.0697. The Morgan fingerprint density at radius 1 is 1.50 bits per heavy atom. The molecule has 1 aromatic rings. The van der Waals surface area contributed by atoms with Gasteiger partial charge in [0.15, 0.2) is 0 Å². The molecule has 0 radical (unpaired) electrons. The standard InChI is InChI=1S/C12H14N2O2/c15-11(16)8-3-6-13-10(7-8)14-12(4-5-12)9-1-2-9/h3,6-7,9H,1-2,4-5H2,(H,13,14)(H,15,16). The zero-order valence-electron chi connectivity index (χ0n) is 8.94. The summed E-state index contributed by atoms with van der Waals surface area (Å²) in [6, 6.07) is 3.13. The Bertz CT molecular complexity index is 436. The predicted molar refractivity (Wildman–Crippen MR) is 59.5 cm³/mol. The van der Waals surface area contributed by atoms with Crippen LogP contribution in [-0.2, 0) is 0 Å². The van der Waals surface area contributed by atoms with Gasteiger partial charge in [-0.2, -0.15) is 0 Å². The quantitative estimate of drug-likeness (QED) is 0.812. The molecule has 2 aliphatic carbocycles. The number of aromatic carboxylic acids is 1. The van der Waals surface area contributed by atoms with Crippen molar-refractivity contribution in [3.8, 4) is 0 Å². The molecule has 84 valence electrons. The molecule has 0 spiro atoms. The number of hydrogen-bond donors (Lipinski definition) is 2. The average molecular weight is 218 g/mol. The molecule has 0 aliphatic heterocycles. The second-order valence-corrected chi connectivity index (χ2v) is 4.79. The normalized spacial score (nSPS) is 21.5. The summed E-state index contributed by atoms with van der Waals surface area (Å²) in [5.74, 6) is 0.578. The number of carboxylic acid groups (broad SMARTS) is 1. The van der Waals surface area contributed by atoms with Gasteiger partial charge in [0.2, 0.25) is 0 Å². The van der Waals surface area contributed by atoms with Gasteiger partial charge >= 0.3 is 5.97 Å². The Morgan fingerprint density at radius 2 is 2.25 bits per heavy atom. The van der Waals surface area contributed by atoms with Gasteiger partial charge in [-0.15, -0.1) is 0 Å². The van der Waals surface area contributed by atoms with Gasteiger partial charge in [0, 0.05) is 11.7 Å². The third-order valence-corrected chi connectivity index (χ3v) is 3.53. The minimum Gasteiger partial charge on any atom is -0.478 e. The van der Waals surface area contributed by atoms with Gasteiger partial charge < -0.3 is 10.4 Å². The fourth-order valence-corrected chi connectivity index (χ4v) is 2.29. The highest BCUT2D eigenvalue weighted by Gasteiger charge is 2.54. The number of carbonyl (C=O) groups is 1. The van der Waals surface area contributed by atoms with Crippen LogP contribution < -0.4 is 5.32 Å². The van der Waals surface area contributed by atoms with Crippen LogP contribution >= 0.6 is 0 Å². The molecule has 1 aromatic heterocycles. The van der Waals surface area contributed by atoms with E-state index in [0.717, 1.165) is 5.92 Å². The van der Waals surface area contributed by atoms with Gasteiger partial charge in [-0.1, -0.05) is 0 Å². The van der Waals surface area contributed by atoms with E-state index in [-0.39, 0.29) is 5.54 Å². The largest absolute Gasteiger partial charge is 0.478 e. The van der Waals surface area contributed by atoms with Crippen LogP contribution in [0.2, 0.25) is 0 Å². The van der Waals surface area contributed by atoms with Crippen LogP contribution in [0, 0.1) is 5.92 Å². The maximum atomic E-state index is 10.8. The van der Waals surface area contributed by atoms with E-state index in [0.29, 0.717) is 11.4 Å². The SMILES string of the molecule is O=C(O)c1ccnc(NC2(C3CC3)CC2)c1. The van der Waals surface area contributed by atoms with Crippen LogP contribution in [0.3, 0.4) is 0 Å². The summed E-state index contributed by atoms with van der Waals surface area (Å²) in [7, 11) is 0. The first-order valence-corrected chi connectivity index (χ1v) is 5.67. The molecule has 0 bridgehead atoms. The fraction of sp³-hybridized carbons (Fsp3) is 0.500. The minimum atomic E-state index is -0.901. The number of rotatable bonds is 4. The number of aromatic nitrogens is 1. The minimum absolute atomic E-state index is 0.240. The summed E-state index contributed by atoms with van der Waals surface area (Å²) in [6.45, 7) is 0. The third-order valence-electron chi connectivity index (χ3n) is 3.53. The van der Waals surface area contributed by atoms with Gasteiger partial charge in [-0.3, -0.25) is 0 Å². The average Bonchev–Trinajstić information content (AvgIpc) is 3.12. The predicted octanol–water partition coefficient (Wildman–Crippen LogP) is 2.13. The summed E-state index contributed by atoms with van der Waals surface area (Å²) in [5, 5.41) is 12.3. The van der Waals surface area contributed by atoms with Crippen molar-refractivity contribution < 1.29 is 9.90 Å². The first-order chi connectivity index (χ1) is 7.70. The maximum absolute atomic E-state index is 10.8. The van der Waals surface area contributed by atoms with Crippen LogP contribution in [0.1, 0.15) is 36.0 Å². The van der Waals surface area contributed by atoms with Crippen LogP contribution in [0.15, 0.2) is 18.3 Å². The van der Waals surface area contributed by atoms with Crippen molar-refractivity contribution >= 4 is 11.8 Å². The molecule has 0 aromatic carbocycles. The molecular weight excluding hydrogens is 204 g/mol. The van der Waals surface area contributed by atoms with Crippen molar-refractivity contribution in [1.29, 1.82) is 0 Å². The number of hydrogen-bond acceptors (Lipinski definition) is 3. The van der Waals surface area contributed by atoms with Crippen LogP contribution in [0.25, 0.3) is 0 Å². The van der Waals surface area contributed by atoms with Gasteiger partial charge in [-0.05, 0) is 43.7 Å².